The van der Waals surface area contributed by atoms with Crippen molar-refractivity contribution < 1.29 is 9.13 Å². The number of nitrogens with zero attached hydrogens (tertiary/aromatic N) is 2. The van der Waals surface area contributed by atoms with Crippen LogP contribution in [-0.2, 0) is 6.42 Å². The van der Waals surface area contributed by atoms with E-state index in [2.05, 4.69) is 4.98 Å². The zero-order valence-electron chi connectivity index (χ0n) is 10.5. The molecule has 0 aliphatic heterocycles. The molecule has 0 atom stereocenters. The average Bonchev–Trinajstić information content (AvgIpc) is 2.82. The topological polar surface area (TPSA) is 26.5 Å². The fraction of sp³-hybridized carbons (Fsp3) is 0.133. The van der Waals surface area contributed by atoms with Crippen LogP contribution < -0.4 is 4.74 Å². The van der Waals surface area contributed by atoms with Crippen LogP contribution in [-0.4, -0.2) is 16.5 Å². The molecule has 0 radical (unpaired) electrons. The molecule has 1 aromatic carbocycles. The summed E-state index contributed by atoms with van der Waals surface area (Å²) in [6, 6.07) is 12.3. The van der Waals surface area contributed by atoms with Gasteiger partial charge in [0.1, 0.15) is 11.6 Å². The Balaban J connectivity index is 2.06. The Labute approximate surface area is 110 Å². The zero-order chi connectivity index (χ0) is 13.2. The van der Waals surface area contributed by atoms with Gasteiger partial charge in [0.15, 0.2) is 5.88 Å². The molecule has 0 amide bonds. The molecule has 19 heavy (non-hydrogen) atoms. The third-order valence-electron chi connectivity index (χ3n) is 3.05. The molecule has 0 bridgehead atoms. The summed E-state index contributed by atoms with van der Waals surface area (Å²) >= 11 is 0. The van der Waals surface area contributed by atoms with Crippen molar-refractivity contribution in [3.05, 3.63) is 65.9 Å². The minimum Gasteiger partial charge on any atom is -0.482 e. The van der Waals surface area contributed by atoms with Gasteiger partial charge in [-0.05, 0) is 29.8 Å². The Morgan fingerprint density at radius 1 is 1.21 bits per heavy atom. The van der Waals surface area contributed by atoms with Gasteiger partial charge in [-0.3, -0.25) is 4.40 Å². The summed E-state index contributed by atoms with van der Waals surface area (Å²) in [4.78, 5) is 4.39. The molecule has 3 rings (SSSR count). The lowest BCUT2D eigenvalue weighted by atomic mass is 10.1. The first-order valence-electron chi connectivity index (χ1n) is 6.02. The summed E-state index contributed by atoms with van der Waals surface area (Å²) in [7, 11) is 1.63. The van der Waals surface area contributed by atoms with Gasteiger partial charge in [-0.2, -0.15) is 0 Å². The van der Waals surface area contributed by atoms with Gasteiger partial charge >= 0.3 is 0 Å². The summed E-state index contributed by atoms with van der Waals surface area (Å²) in [5, 5.41) is 0. The fourth-order valence-electron chi connectivity index (χ4n) is 2.19. The van der Waals surface area contributed by atoms with Crippen LogP contribution in [0.1, 0.15) is 11.4 Å². The maximum atomic E-state index is 13.2. The number of ether oxygens (including phenoxy) is 1. The number of halogens is 1. The lowest BCUT2D eigenvalue weighted by Crippen LogP contribution is -2.00. The largest absolute Gasteiger partial charge is 0.482 e. The minimum absolute atomic E-state index is 0.231. The molecule has 0 aliphatic carbocycles. The van der Waals surface area contributed by atoms with Gasteiger partial charge in [0.05, 0.1) is 18.8 Å². The van der Waals surface area contributed by atoms with Crippen molar-refractivity contribution in [1.82, 2.24) is 9.38 Å². The van der Waals surface area contributed by atoms with Crippen LogP contribution in [0.5, 0.6) is 5.88 Å². The molecule has 3 aromatic rings. The molecular weight excluding hydrogens is 243 g/mol. The van der Waals surface area contributed by atoms with E-state index >= 15 is 0 Å². The van der Waals surface area contributed by atoms with Gasteiger partial charge in [0, 0.05) is 6.42 Å². The summed E-state index contributed by atoms with van der Waals surface area (Å²) in [6.07, 6.45) is 2.35. The van der Waals surface area contributed by atoms with Crippen LogP contribution >= 0.6 is 0 Å². The molecule has 0 fully saturated rings. The molecule has 2 aromatic heterocycles. The van der Waals surface area contributed by atoms with Crippen molar-refractivity contribution in [2.45, 2.75) is 6.42 Å². The van der Waals surface area contributed by atoms with Crippen molar-refractivity contribution in [2.75, 3.05) is 7.11 Å². The first-order valence-corrected chi connectivity index (χ1v) is 6.02. The number of fused-ring (bicyclic) bond motifs is 1. The Bertz CT molecular complexity index is 721. The normalized spacial score (nSPS) is 10.8. The van der Waals surface area contributed by atoms with E-state index in [1.807, 2.05) is 28.7 Å². The quantitative estimate of drug-likeness (QED) is 0.720. The monoisotopic (exact) mass is 256 g/mol. The number of hydrogen-bond acceptors (Lipinski definition) is 2. The highest BCUT2D eigenvalue weighted by molar-refractivity contribution is 5.49. The van der Waals surface area contributed by atoms with Gasteiger partial charge in [0.25, 0.3) is 0 Å². The van der Waals surface area contributed by atoms with E-state index in [9.17, 15) is 4.39 Å². The number of benzene rings is 1. The highest BCUT2D eigenvalue weighted by Gasteiger charge is 2.09. The summed E-state index contributed by atoms with van der Waals surface area (Å²) in [5.74, 6) is 1.32. The molecule has 96 valence electrons. The highest BCUT2D eigenvalue weighted by atomic mass is 19.1. The molecule has 0 N–H and O–H groups in total. The van der Waals surface area contributed by atoms with E-state index in [0.29, 0.717) is 6.42 Å². The lowest BCUT2D eigenvalue weighted by molar-refractivity contribution is 0.390. The van der Waals surface area contributed by atoms with Crippen LogP contribution in [0.4, 0.5) is 4.39 Å². The number of methoxy groups -OCH3 is 1. The van der Waals surface area contributed by atoms with Crippen molar-refractivity contribution in [2.24, 2.45) is 0 Å². The average molecular weight is 256 g/mol. The van der Waals surface area contributed by atoms with Gasteiger partial charge in [0.2, 0.25) is 0 Å². The number of hydrogen-bond donors (Lipinski definition) is 0. The first kappa shape index (κ1) is 11.7. The maximum absolute atomic E-state index is 13.2. The maximum Gasteiger partial charge on any atom is 0.199 e. The Kier molecular flexibility index (Phi) is 2.91. The van der Waals surface area contributed by atoms with Crippen LogP contribution in [0.2, 0.25) is 0 Å². The Hall–Kier alpha value is -2.36. The van der Waals surface area contributed by atoms with Crippen molar-refractivity contribution in [3.8, 4) is 5.88 Å². The number of rotatable bonds is 3. The number of imidazole rings is 1. The van der Waals surface area contributed by atoms with Gasteiger partial charge in [-0.1, -0.05) is 18.2 Å². The van der Waals surface area contributed by atoms with Gasteiger partial charge < -0.3 is 4.74 Å². The first-order chi connectivity index (χ1) is 9.28. The molecule has 4 heteroatoms. The summed E-state index contributed by atoms with van der Waals surface area (Å²) < 4.78 is 20.5. The SMILES string of the molecule is COc1cccc2cnc(Cc3cccc(F)c3)n12. The van der Waals surface area contributed by atoms with Crippen molar-refractivity contribution >= 4 is 5.52 Å². The van der Waals surface area contributed by atoms with E-state index < -0.39 is 0 Å². The molecule has 0 spiro atoms. The molecule has 2 heterocycles. The standard InChI is InChI=1S/C15H13FN2O/c1-19-15-7-3-6-13-10-17-14(18(13)15)9-11-4-2-5-12(16)8-11/h2-8,10H,9H2,1H3. The third kappa shape index (κ3) is 2.17. The zero-order valence-corrected chi connectivity index (χ0v) is 10.5. The Morgan fingerprint density at radius 2 is 2.05 bits per heavy atom. The second-order valence-electron chi connectivity index (χ2n) is 4.31. The smallest absolute Gasteiger partial charge is 0.199 e. The van der Waals surface area contributed by atoms with Gasteiger partial charge in [-0.25, -0.2) is 9.37 Å². The van der Waals surface area contributed by atoms with Gasteiger partial charge in [-0.15, -0.1) is 0 Å². The second kappa shape index (κ2) is 4.72. The van der Waals surface area contributed by atoms with E-state index in [-0.39, 0.29) is 5.82 Å². The predicted octanol–water partition coefficient (Wildman–Crippen LogP) is 3.07. The lowest BCUT2D eigenvalue weighted by Gasteiger charge is -2.07. The summed E-state index contributed by atoms with van der Waals surface area (Å²) in [6.45, 7) is 0. The third-order valence-corrected chi connectivity index (χ3v) is 3.05. The van der Waals surface area contributed by atoms with Crippen LogP contribution in [0.3, 0.4) is 0 Å². The number of aromatic nitrogens is 2. The minimum atomic E-state index is -0.231. The van der Waals surface area contributed by atoms with E-state index in [1.165, 1.54) is 12.1 Å². The number of pyridine rings is 1. The molecule has 3 nitrogen and oxygen atoms in total. The van der Waals surface area contributed by atoms with E-state index in [0.717, 1.165) is 22.8 Å². The molecule has 0 aliphatic rings. The molecular formula is C15H13FN2O. The molecule has 0 saturated carbocycles. The molecule has 0 saturated heterocycles. The fourth-order valence-corrected chi connectivity index (χ4v) is 2.19. The van der Waals surface area contributed by atoms with E-state index in [4.69, 9.17) is 4.74 Å². The second-order valence-corrected chi connectivity index (χ2v) is 4.31. The van der Waals surface area contributed by atoms with Crippen LogP contribution in [0.25, 0.3) is 5.52 Å². The van der Waals surface area contributed by atoms with Crippen molar-refractivity contribution in [3.63, 3.8) is 0 Å². The predicted molar refractivity (Wildman–Crippen MR) is 71.0 cm³/mol. The van der Waals surface area contributed by atoms with Crippen LogP contribution in [0, 0.1) is 5.82 Å². The van der Waals surface area contributed by atoms with Crippen LogP contribution in [0.15, 0.2) is 48.7 Å². The van der Waals surface area contributed by atoms with Crippen molar-refractivity contribution in [1.29, 1.82) is 0 Å². The Morgan fingerprint density at radius 3 is 2.84 bits per heavy atom. The summed E-state index contributed by atoms with van der Waals surface area (Å²) in [5.41, 5.74) is 1.85. The van der Waals surface area contributed by atoms with E-state index in [1.54, 1.807) is 19.4 Å². The molecule has 0 unspecified atom stereocenters. The highest BCUT2D eigenvalue weighted by Crippen LogP contribution is 2.19.